The number of carbonyl (C=O) groups is 1. The minimum absolute atomic E-state index is 0.0382. The summed E-state index contributed by atoms with van der Waals surface area (Å²) in [5.41, 5.74) is 4.07. The maximum atomic E-state index is 12.6. The van der Waals surface area contributed by atoms with Crippen LogP contribution in [0, 0.1) is 0 Å². The molecule has 1 heterocycles. The monoisotopic (exact) mass is 357 g/mol. The summed E-state index contributed by atoms with van der Waals surface area (Å²) >= 11 is 0. The van der Waals surface area contributed by atoms with Crippen LogP contribution in [0.15, 0.2) is 41.3 Å². The van der Waals surface area contributed by atoms with E-state index in [0.29, 0.717) is 18.7 Å². The third kappa shape index (κ3) is 2.91. The van der Waals surface area contributed by atoms with E-state index in [-0.39, 0.29) is 10.8 Å². The molecule has 0 aromatic heterocycles. The summed E-state index contributed by atoms with van der Waals surface area (Å²) in [5.74, 6) is 0.315. The molecular weight excluding hydrogens is 338 g/mol. The highest BCUT2D eigenvalue weighted by atomic mass is 32.2. The van der Waals surface area contributed by atoms with E-state index in [9.17, 15) is 13.2 Å². The smallest absolute Gasteiger partial charge is 0.339 e. The molecule has 1 amide bonds. The van der Waals surface area contributed by atoms with Crippen LogP contribution < -0.4 is 9.08 Å². The van der Waals surface area contributed by atoms with Crippen molar-refractivity contribution in [2.75, 3.05) is 11.4 Å². The van der Waals surface area contributed by atoms with Gasteiger partial charge in [-0.1, -0.05) is 6.07 Å². The molecule has 2 aromatic rings. The van der Waals surface area contributed by atoms with Gasteiger partial charge in [0.1, 0.15) is 10.6 Å². The highest BCUT2D eigenvalue weighted by Crippen LogP contribution is 2.32. The summed E-state index contributed by atoms with van der Waals surface area (Å²) in [7, 11) is -3.89. The average molecular weight is 357 g/mol. The molecule has 0 spiro atoms. The molecule has 0 saturated heterocycles. The van der Waals surface area contributed by atoms with Crippen molar-refractivity contribution >= 4 is 21.7 Å². The van der Waals surface area contributed by atoms with Gasteiger partial charge in [-0.2, -0.15) is 8.42 Å². The van der Waals surface area contributed by atoms with Crippen molar-refractivity contribution in [2.45, 2.75) is 37.5 Å². The lowest BCUT2D eigenvalue weighted by molar-refractivity contribution is -0.116. The molecule has 2 aliphatic rings. The van der Waals surface area contributed by atoms with Crippen molar-refractivity contribution < 1.29 is 17.4 Å². The van der Waals surface area contributed by atoms with Gasteiger partial charge in [0.05, 0.1) is 0 Å². The fraction of sp³-hybridized carbons (Fsp3) is 0.316. The summed E-state index contributed by atoms with van der Waals surface area (Å²) in [4.78, 5) is 13.4. The van der Waals surface area contributed by atoms with Crippen LogP contribution in [-0.4, -0.2) is 20.9 Å². The fourth-order valence-corrected chi connectivity index (χ4v) is 4.61. The summed E-state index contributed by atoms with van der Waals surface area (Å²) < 4.78 is 30.6. The van der Waals surface area contributed by atoms with Crippen molar-refractivity contribution in [3.05, 3.63) is 53.1 Å². The molecule has 0 N–H and O–H groups in total. The van der Waals surface area contributed by atoms with E-state index in [1.807, 2.05) is 12.1 Å². The maximum Gasteiger partial charge on any atom is 0.339 e. The number of benzene rings is 2. The number of nitrogens with zero attached hydrogens (tertiary/aromatic N) is 1. The van der Waals surface area contributed by atoms with Crippen molar-refractivity contribution in [2.24, 2.45) is 0 Å². The highest BCUT2D eigenvalue weighted by molar-refractivity contribution is 7.87. The van der Waals surface area contributed by atoms with E-state index in [4.69, 9.17) is 4.18 Å². The summed E-state index contributed by atoms with van der Waals surface area (Å²) in [6.07, 6.45) is 3.76. The molecule has 6 heteroatoms. The lowest BCUT2D eigenvalue weighted by atomic mass is 10.1. The Labute approximate surface area is 147 Å². The second-order valence-corrected chi connectivity index (χ2v) is 8.08. The second-order valence-electron chi connectivity index (χ2n) is 6.53. The maximum absolute atomic E-state index is 12.6. The van der Waals surface area contributed by atoms with Gasteiger partial charge in [-0.25, -0.2) is 0 Å². The summed E-state index contributed by atoms with van der Waals surface area (Å²) in [5, 5.41) is 0. The average Bonchev–Trinajstić information content (AvgIpc) is 3.19. The molecule has 0 radical (unpaired) electrons. The Hall–Kier alpha value is -2.34. The molecule has 1 aliphatic heterocycles. The van der Waals surface area contributed by atoms with Gasteiger partial charge in [0.15, 0.2) is 0 Å². The zero-order valence-corrected chi connectivity index (χ0v) is 14.8. The lowest BCUT2D eigenvalue weighted by Crippen LogP contribution is -2.25. The van der Waals surface area contributed by atoms with Crippen LogP contribution in [0.3, 0.4) is 0 Å². The van der Waals surface area contributed by atoms with Gasteiger partial charge in [-0.15, -0.1) is 0 Å². The lowest BCUT2D eigenvalue weighted by Gasteiger charge is -2.15. The van der Waals surface area contributed by atoms with Gasteiger partial charge < -0.3 is 9.08 Å². The third-order valence-corrected chi connectivity index (χ3v) is 6.13. The summed E-state index contributed by atoms with van der Waals surface area (Å²) in [6.45, 7) is 2.09. The van der Waals surface area contributed by atoms with Crippen LogP contribution in [0.5, 0.6) is 5.75 Å². The van der Waals surface area contributed by atoms with Crippen LogP contribution in [0.1, 0.15) is 30.0 Å². The SMILES string of the molecule is CC(=O)N1CCc2cc(S(=O)(=O)Oc3ccc4c(c3)CCC4)ccc21. The Morgan fingerprint density at radius 2 is 1.80 bits per heavy atom. The Morgan fingerprint density at radius 1 is 1.00 bits per heavy atom. The Kier molecular flexibility index (Phi) is 3.80. The Balaban J connectivity index is 1.62. The van der Waals surface area contributed by atoms with E-state index in [0.717, 1.165) is 30.5 Å². The van der Waals surface area contributed by atoms with Gasteiger partial charge in [-0.3, -0.25) is 4.79 Å². The molecule has 2 aromatic carbocycles. The minimum Gasteiger partial charge on any atom is -0.379 e. The molecule has 0 atom stereocenters. The van der Waals surface area contributed by atoms with Crippen LogP contribution >= 0.6 is 0 Å². The van der Waals surface area contributed by atoms with Crippen molar-refractivity contribution in [1.82, 2.24) is 0 Å². The van der Waals surface area contributed by atoms with Gasteiger partial charge in [-0.05, 0) is 72.7 Å². The molecule has 0 fully saturated rings. The fourth-order valence-electron chi connectivity index (χ4n) is 3.64. The first kappa shape index (κ1) is 16.1. The van der Waals surface area contributed by atoms with E-state index in [1.165, 1.54) is 24.1 Å². The van der Waals surface area contributed by atoms with Crippen LogP contribution in [0.4, 0.5) is 5.69 Å². The predicted molar refractivity (Wildman–Crippen MR) is 94.5 cm³/mol. The molecule has 5 nitrogen and oxygen atoms in total. The van der Waals surface area contributed by atoms with Gasteiger partial charge >= 0.3 is 10.1 Å². The Bertz CT molecular complexity index is 965. The zero-order chi connectivity index (χ0) is 17.6. The second kappa shape index (κ2) is 5.88. The first-order chi connectivity index (χ1) is 11.9. The molecular formula is C19H19NO4S. The number of aryl methyl sites for hydroxylation is 2. The normalized spacial score (nSPS) is 15.8. The van der Waals surface area contributed by atoms with Crippen LogP contribution in [0.25, 0.3) is 0 Å². The van der Waals surface area contributed by atoms with E-state index >= 15 is 0 Å². The first-order valence-electron chi connectivity index (χ1n) is 8.41. The first-order valence-corrected chi connectivity index (χ1v) is 9.82. The van der Waals surface area contributed by atoms with E-state index in [2.05, 4.69) is 0 Å². The number of amides is 1. The predicted octanol–water partition coefficient (Wildman–Crippen LogP) is 2.85. The minimum atomic E-state index is -3.89. The topological polar surface area (TPSA) is 63.7 Å². The molecule has 4 rings (SSSR count). The molecule has 1 aliphatic carbocycles. The number of carbonyl (C=O) groups excluding carboxylic acids is 1. The Morgan fingerprint density at radius 3 is 2.60 bits per heavy atom. The number of hydrogen-bond donors (Lipinski definition) is 0. The van der Waals surface area contributed by atoms with Gasteiger partial charge in [0, 0.05) is 19.2 Å². The number of hydrogen-bond acceptors (Lipinski definition) is 4. The number of fused-ring (bicyclic) bond motifs is 2. The standard InChI is InChI=1S/C19H19NO4S/c1-13(21)20-10-9-16-12-18(7-8-19(16)20)25(22,23)24-17-6-5-14-3-2-4-15(14)11-17/h5-8,11-12H,2-4,9-10H2,1H3. The third-order valence-electron chi connectivity index (χ3n) is 4.89. The van der Waals surface area contributed by atoms with Crippen molar-refractivity contribution in [3.63, 3.8) is 0 Å². The molecule has 130 valence electrons. The molecule has 0 bridgehead atoms. The van der Waals surface area contributed by atoms with Crippen LogP contribution in [0.2, 0.25) is 0 Å². The van der Waals surface area contributed by atoms with Gasteiger partial charge in [0.25, 0.3) is 0 Å². The van der Waals surface area contributed by atoms with Crippen molar-refractivity contribution in [3.8, 4) is 5.75 Å². The molecule has 0 unspecified atom stereocenters. The summed E-state index contributed by atoms with van der Waals surface area (Å²) in [6, 6.07) is 10.3. The number of anilines is 1. The van der Waals surface area contributed by atoms with Gasteiger partial charge in [0.2, 0.25) is 5.91 Å². The van der Waals surface area contributed by atoms with Crippen molar-refractivity contribution in [1.29, 1.82) is 0 Å². The molecule has 25 heavy (non-hydrogen) atoms. The number of rotatable bonds is 3. The zero-order valence-electron chi connectivity index (χ0n) is 14.0. The quantitative estimate of drug-likeness (QED) is 0.793. The van der Waals surface area contributed by atoms with E-state index < -0.39 is 10.1 Å². The van der Waals surface area contributed by atoms with E-state index in [1.54, 1.807) is 23.1 Å². The highest BCUT2D eigenvalue weighted by Gasteiger charge is 2.26. The largest absolute Gasteiger partial charge is 0.379 e. The molecule has 0 saturated carbocycles. The van der Waals surface area contributed by atoms with Crippen LogP contribution in [-0.2, 0) is 34.2 Å².